The molecule has 1 heterocycles. The molecule has 1 fully saturated rings. The molecular formula is C27H25Cl3N4O3S. The van der Waals surface area contributed by atoms with Crippen molar-refractivity contribution < 1.29 is 14.3 Å². The van der Waals surface area contributed by atoms with E-state index in [1.54, 1.807) is 25.1 Å². The van der Waals surface area contributed by atoms with Gasteiger partial charge in [0.1, 0.15) is 5.75 Å². The van der Waals surface area contributed by atoms with Crippen LogP contribution in [-0.2, 0) is 4.79 Å². The van der Waals surface area contributed by atoms with Crippen molar-refractivity contribution in [3.8, 4) is 5.75 Å². The second-order valence-corrected chi connectivity index (χ2v) is 10.2. The van der Waals surface area contributed by atoms with Crippen LogP contribution < -0.4 is 20.3 Å². The monoisotopic (exact) mass is 590 g/mol. The van der Waals surface area contributed by atoms with Crippen LogP contribution in [-0.4, -0.2) is 54.1 Å². The molecule has 1 atom stereocenters. The van der Waals surface area contributed by atoms with Crippen molar-refractivity contribution in [2.24, 2.45) is 0 Å². The molecule has 0 aromatic heterocycles. The summed E-state index contributed by atoms with van der Waals surface area (Å²) < 4.78 is 5.62. The summed E-state index contributed by atoms with van der Waals surface area (Å²) in [5.41, 5.74) is 2.17. The fraction of sp³-hybridized carbons (Fsp3) is 0.222. The van der Waals surface area contributed by atoms with Crippen LogP contribution >= 0.6 is 47.0 Å². The zero-order valence-corrected chi connectivity index (χ0v) is 23.5. The van der Waals surface area contributed by atoms with E-state index in [0.29, 0.717) is 58.2 Å². The van der Waals surface area contributed by atoms with Gasteiger partial charge in [0.25, 0.3) is 11.8 Å². The summed E-state index contributed by atoms with van der Waals surface area (Å²) in [5, 5.41) is 6.97. The molecule has 7 nitrogen and oxygen atoms in total. The third-order valence-corrected chi connectivity index (χ3v) is 6.97. The van der Waals surface area contributed by atoms with Crippen molar-refractivity contribution in [2.75, 3.05) is 36.4 Å². The minimum absolute atomic E-state index is 0.0300. The van der Waals surface area contributed by atoms with Crippen LogP contribution in [0.4, 0.5) is 11.4 Å². The molecule has 0 saturated carbocycles. The molecule has 2 N–H and O–H groups in total. The van der Waals surface area contributed by atoms with E-state index < -0.39 is 12.0 Å². The van der Waals surface area contributed by atoms with E-state index in [-0.39, 0.29) is 11.0 Å². The van der Waals surface area contributed by atoms with Crippen molar-refractivity contribution in [3.05, 3.63) is 87.4 Å². The highest BCUT2D eigenvalue weighted by Gasteiger charge is 2.23. The van der Waals surface area contributed by atoms with Crippen LogP contribution in [0.3, 0.4) is 0 Å². The van der Waals surface area contributed by atoms with Crippen molar-refractivity contribution >= 4 is 75.3 Å². The molecule has 38 heavy (non-hydrogen) atoms. The molecule has 4 rings (SSSR count). The summed E-state index contributed by atoms with van der Waals surface area (Å²) >= 11 is 23.9. The number of hydrogen-bond acceptors (Lipinski definition) is 5. The van der Waals surface area contributed by atoms with Gasteiger partial charge in [-0.1, -0.05) is 53.0 Å². The lowest BCUT2D eigenvalue weighted by atomic mass is 10.1. The van der Waals surface area contributed by atoms with Gasteiger partial charge in [0.05, 0.1) is 15.7 Å². The average molecular weight is 592 g/mol. The summed E-state index contributed by atoms with van der Waals surface area (Å²) in [6.45, 7) is 4.11. The van der Waals surface area contributed by atoms with Crippen molar-refractivity contribution in [1.82, 2.24) is 10.2 Å². The lowest BCUT2D eigenvalue weighted by Gasteiger charge is -2.36. The Morgan fingerprint density at radius 2 is 1.63 bits per heavy atom. The second kappa shape index (κ2) is 12.7. The third-order valence-electron chi connectivity index (χ3n) is 5.94. The van der Waals surface area contributed by atoms with Crippen LogP contribution in [0.15, 0.2) is 66.7 Å². The number of benzene rings is 3. The maximum absolute atomic E-state index is 12.7. The zero-order chi connectivity index (χ0) is 27.2. The number of thiocarbonyl (C=S) groups is 1. The minimum Gasteiger partial charge on any atom is -0.479 e. The second-order valence-electron chi connectivity index (χ2n) is 8.59. The molecule has 0 radical (unpaired) electrons. The van der Waals surface area contributed by atoms with E-state index >= 15 is 0 Å². The van der Waals surface area contributed by atoms with Crippen LogP contribution in [0.25, 0.3) is 0 Å². The summed E-state index contributed by atoms with van der Waals surface area (Å²) in [7, 11) is 0. The molecule has 198 valence electrons. The predicted octanol–water partition coefficient (Wildman–Crippen LogP) is 5.89. The number of ether oxygens (including phenoxy) is 1. The van der Waals surface area contributed by atoms with Gasteiger partial charge in [0.15, 0.2) is 11.2 Å². The molecule has 0 bridgehead atoms. The Balaban J connectivity index is 1.29. The van der Waals surface area contributed by atoms with E-state index in [9.17, 15) is 9.59 Å². The highest BCUT2D eigenvalue weighted by molar-refractivity contribution is 7.80. The number of anilines is 2. The molecule has 3 aromatic carbocycles. The molecule has 0 aliphatic carbocycles. The quantitative estimate of drug-likeness (QED) is 0.348. The van der Waals surface area contributed by atoms with E-state index in [1.165, 1.54) is 6.07 Å². The van der Waals surface area contributed by atoms with Gasteiger partial charge in [0, 0.05) is 42.5 Å². The van der Waals surface area contributed by atoms with Crippen molar-refractivity contribution in [3.63, 3.8) is 0 Å². The maximum Gasteiger partial charge on any atom is 0.266 e. The minimum atomic E-state index is -0.855. The lowest BCUT2D eigenvalue weighted by molar-refractivity contribution is -0.125. The Morgan fingerprint density at radius 1 is 0.921 bits per heavy atom. The fourth-order valence-corrected chi connectivity index (χ4v) is 4.92. The van der Waals surface area contributed by atoms with E-state index in [2.05, 4.69) is 15.5 Å². The summed E-state index contributed by atoms with van der Waals surface area (Å²) in [5.74, 6) is -0.0770. The average Bonchev–Trinajstić information content (AvgIpc) is 2.90. The number of carbonyl (C=O) groups is 2. The first-order valence-corrected chi connectivity index (χ1v) is 13.4. The topological polar surface area (TPSA) is 73.9 Å². The highest BCUT2D eigenvalue weighted by Crippen LogP contribution is 2.30. The Hall–Kier alpha value is -3.04. The normalized spacial score (nSPS) is 14.0. The van der Waals surface area contributed by atoms with Gasteiger partial charge in [-0.3, -0.25) is 14.9 Å². The smallest absolute Gasteiger partial charge is 0.266 e. The predicted molar refractivity (Wildman–Crippen MR) is 157 cm³/mol. The van der Waals surface area contributed by atoms with Gasteiger partial charge in [-0.2, -0.15) is 0 Å². The first kappa shape index (κ1) is 28.0. The zero-order valence-electron chi connectivity index (χ0n) is 20.4. The molecule has 0 spiro atoms. The van der Waals surface area contributed by atoms with Crippen LogP contribution in [0.2, 0.25) is 15.1 Å². The number of halogens is 3. The first-order valence-electron chi connectivity index (χ1n) is 11.8. The highest BCUT2D eigenvalue weighted by atomic mass is 35.5. The first-order chi connectivity index (χ1) is 18.2. The van der Waals surface area contributed by atoms with E-state index in [4.69, 9.17) is 51.8 Å². The van der Waals surface area contributed by atoms with Crippen molar-refractivity contribution in [1.29, 1.82) is 0 Å². The Kier molecular flexibility index (Phi) is 9.33. The number of carbonyl (C=O) groups excluding carboxylic acids is 2. The van der Waals surface area contributed by atoms with Crippen LogP contribution in [0, 0.1) is 0 Å². The largest absolute Gasteiger partial charge is 0.479 e. The number of rotatable bonds is 6. The summed E-state index contributed by atoms with van der Waals surface area (Å²) in [4.78, 5) is 29.2. The van der Waals surface area contributed by atoms with Gasteiger partial charge in [0.2, 0.25) is 0 Å². The van der Waals surface area contributed by atoms with Gasteiger partial charge in [-0.25, -0.2) is 0 Å². The van der Waals surface area contributed by atoms with Gasteiger partial charge < -0.3 is 19.9 Å². The molecule has 1 unspecified atom stereocenters. The molecule has 1 aliphatic heterocycles. The van der Waals surface area contributed by atoms with E-state index in [1.807, 2.05) is 47.4 Å². The number of piperazine rings is 1. The number of nitrogens with one attached hydrogen (secondary N) is 2. The Bertz CT molecular complexity index is 1330. The van der Waals surface area contributed by atoms with Gasteiger partial charge in [-0.15, -0.1) is 0 Å². The molecule has 2 amide bonds. The van der Waals surface area contributed by atoms with Gasteiger partial charge in [-0.05, 0) is 67.7 Å². The van der Waals surface area contributed by atoms with Crippen molar-refractivity contribution in [2.45, 2.75) is 13.0 Å². The van der Waals surface area contributed by atoms with Crippen LogP contribution in [0.5, 0.6) is 5.75 Å². The molecule has 1 saturated heterocycles. The molecule has 1 aliphatic rings. The van der Waals surface area contributed by atoms with Gasteiger partial charge >= 0.3 is 0 Å². The maximum atomic E-state index is 12.7. The lowest BCUT2D eigenvalue weighted by Crippen LogP contribution is -2.48. The fourth-order valence-electron chi connectivity index (χ4n) is 3.95. The Morgan fingerprint density at radius 3 is 2.29 bits per heavy atom. The molecule has 11 heteroatoms. The van der Waals surface area contributed by atoms with E-state index in [0.717, 1.165) is 5.69 Å². The SMILES string of the molecule is CC(Oc1ccc(Cl)cc1Cl)C(=O)NC(=S)Nc1ccc(N2CCN(C(=O)c3ccccc3)CC2)c(Cl)c1. The number of amides is 2. The molecule has 3 aromatic rings. The number of hydrogen-bond donors (Lipinski definition) is 2. The third kappa shape index (κ3) is 7.08. The standard InChI is InChI=1S/C27H25Cl3N4O3S/c1-17(37-24-10-7-19(28)15-22(24)30)25(35)32-27(38)31-20-8-9-23(21(29)16-20)33-11-13-34(14-12-33)26(36)18-5-3-2-4-6-18/h2-10,15-17H,11-14H2,1H3,(H2,31,32,35,38). The van der Waals surface area contributed by atoms with Crippen LogP contribution in [0.1, 0.15) is 17.3 Å². The summed E-state index contributed by atoms with van der Waals surface area (Å²) in [6, 6.07) is 19.5. The Labute approximate surface area is 241 Å². The summed E-state index contributed by atoms with van der Waals surface area (Å²) in [6.07, 6.45) is -0.855. The number of nitrogens with zero attached hydrogens (tertiary/aromatic N) is 2. The molecular weight excluding hydrogens is 567 g/mol.